The Labute approximate surface area is 117 Å². The van der Waals surface area contributed by atoms with Gasteiger partial charge in [-0.2, -0.15) is 0 Å². The van der Waals surface area contributed by atoms with E-state index in [0.29, 0.717) is 19.3 Å². The molecule has 4 nitrogen and oxygen atoms in total. The third-order valence-corrected chi connectivity index (χ3v) is 3.86. The highest BCUT2D eigenvalue weighted by Gasteiger charge is 2.53. The number of terminal acetylenes is 1. The Morgan fingerprint density at radius 1 is 1.40 bits per heavy atom. The molecule has 2 heterocycles. The predicted molar refractivity (Wildman–Crippen MR) is 73.9 cm³/mol. The molecule has 1 fully saturated rings. The number of rotatable bonds is 2. The van der Waals surface area contributed by atoms with Gasteiger partial charge in [0.15, 0.2) is 5.60 Å². The Balaban J connectivity index is 1.97. The van der Waals surface area contributed by atoms with Crippen molar-refractivity contribution in [2.24, 2.45) is 0 Å². The number of carbonyl (C=O) groups excluding carboxylic acids is 2. The summed E-state index contributed by atoms with van der Waals surface area (Å²) in [5.41, 5.74) is 0.317. The van der Waals surface area contributed by atoms with E-state index in [1.165, 1.54) is 0 Å². The number of carbonyl (C=O) groups is 2. The number of Topliss-reactive ketones (excluding diaryl/α,β-unsaturated/α-hetero) is 1. The number of amides is 1. The average Bonchev–Trinajstić information content (AvgIpc) is 2.69. The standard InChI is InChI=1S/C16H15NO3/c1-2-3-6-12-9-11(18)10-16(20-12)13-7-4-5-8-14(13)17-15(16)19/h1,4-5,7-8,12H,3,6,9-10H2,(H,17,19). The van der Waals surface area contributed by atoms with Gasteiger partial charge in [-0.3, -0.25) is 9.59 Å². The van der Waals surface area contributed by atoms with Crippen molar-refractivity contribution in [3.8, 4) is 12.3 Å². The molecule has 0 saturated carbocycles. The number of hydrogen-bond donors (Lipinski definition) is 1. The van der Waals surface area contributed by atoms with Gasteiger partial charge >= 0.3 is 0 Å². The number of hydrogen-bond acceptors (Lipinski definition) is 3. The highest BCUT2D eigenvalue weighted by atomic mass is 16.5. The molecule has 2 aliphatic heterocycles. The van der Waals surface area contributed by atoms with Gasteiger partial charge in [0.2, 0.25) is 0 Å². The molecule has 2 unspecified atom stereocenters. The Morgan fingerprint density at radius 2 is 2.20 bits per heavy atom. The predicted octanol–water partition coefficient (Wildman–Crippen LogP) is 2.00. The van der Waals surface area contributed by atoms with E-state index in [0.717, 1.165) is 11.3 Å². The number of ketones is 1. The Hall–Kier alpha value is -2.12. The van der Waals surface area contributed by atoms with E-state index in [-0.39, 0.29) is 24.2 Å². The van der Waals surface area contributed by atoms with E-state index in [1.54, 1.807) is 0 Å². The van der Waals surface area contributed by atoms with Gasteiger partial charge in [-0.25, -0.2) is 0 Å². The zero-order chi connectivity index (χ0) is 14.2. The van der Waals surface area contributed by atoms with Gasteiger partial charge in [-0.05, 0) is 12.5 Å². The van der Waals surface area contributed by atoms with Gasteiger partial charge in [-0.1, -0.05) is 18.2 Å². The van der Waals surface area contributed by atoms with Crippen molar-refractivity contribution in [2.45, 2.75) is 37.4 Å². The molecule has 0 bridgehead atoms. The monoisotopic (exact) mass is 269 g/mol. The van der Waals surface area contributed by atoms with Crippen LogP contribution in [-0.4, -0.2) is 17.8 Å². The number of fused-ring (bicyclic) bond motifs is 2. The van der Waals surface area contributed by atoms with Crippen molar-refractivity contribution in [2.75, 3.05) is 5.32 Å². The summed E-state index contributed by atoms with van der Waals surface area (Å²) in [5, 5.41) is 2.80. The first-order valence-electron chi connectivity index (χ1n) is 6.69. The molecule has 102 valence electrons. The van der Waals surface area contributed by atoms with Crippen LogP contribution in [0.1, 0.15) is 31.2 Å². The molecule has 1 aromatic carbocycles. The minimum atomic E-state index is -1.16. The lowest BCUT2D eigenvalue weighted by atomic mass is 9.84. The second-order valence-corrected chi connectivity index (χ2v) is 5.23. The van der Waals surface area contributed by atoms with Crippen molar-refractivity contribution in [3.05, 3.63) is 29.8 Å². The zero-order valence-corrected chi connectivity index (χ0v) is 11.0. The third kappa shape index (κ3) is 1.91. The molecule has 2 aliphatic rings. The molecule has 1 aromatic rings. The summed E-state index contributed by atoms with van der Waals surface area (Å²) in [4.78, 5) is 24.4. The topological polar surface area (TPSA) is 55.4 Å². The zero-order valence-electron chi connectivity index (χ0n) is 11.0. The average molecular weight is 269 g/mol. The highest BCUT2D eigenvalue weighted by molar-refractivity contribution is 6.07. The number of anilines is 1. The maximum absolute atomic E-state index is 12.3. The van der Waals surface area contributed by atoms with Gasteiger partial charge in [0.1, 0.15) is 5.78 Å². The van der Waals surface area contributed by atoms with E-state index in [2.05, 4.69) is 11.2 Å². The van der Waals surface area contributed by atoms with Gasteiger partial charge in [-0.15, -0.1) is 12.3 Å². The first-order chi connectivity index (χ1) is 9.65. The first-order valence-corrected chi connectivity index (χ1v) is 6.69. The molecule has 0 radical (unpaired) electrons. The SMILES string of the molecule is C#CCCC1CC(=O)CC2(O1)C(=O)Nc1ccccc12. The van der Waals surface area contributed by atoms with Crippen LogP contribution in [0, 0.1) is 12.3 Å². The van der Waals surface area contributed by atoms with Crippen molar-refractivity contribution >= 4 is 17.4 Å². The summed E-state index contributed by atoms with van der Waals surface area (Å²) in [6, 6.07) is 7.35. The second kappa shape index (κ2) is 4.77. The van der Waals surface area contributed by atoms with Crippen LogP contribution in [0.2, 0.25) is 0 Å². The van der Waals surface area contributed by atoms with Crippen LogP contribution < -0.4 is 5.32 Å². The van der Waals surface area contributed by atoms with Crippen molar-refractivity contribution in [1.29, 1.82) is 0 Å². The summed E-state index contributed by atoms with van der Waals surface area (Å²) in [6.07, 6.45) is 6.54. The lowest BCUT2D eigenvalue weighted by Crippen LogP contribution is -2.47. The maximum atomic E-state index is 12.3. The summed E-state index contributed by atoms with van der Waals surface area (Å²) in [5.74, 6) is 2.34. The highest BCUT2D eigenvalue weighted by Crippen LogP contribution is 2.45. The van der Waals surface area contributed by atoms with Crippen LogP contribution in [-0.2, 0) is 19.9 Å². The van der Waals surface area contributed by atoms with Crippen LogP contribution in [0.25, 0.3) is 0 Å². The van der Waals surface area contributed by atoms with E-state index in [1.807, 2.05) is 24.3 Å². The van der Waals surface area contributed by atoms with Gasteiger partial charge in [0.05, 0.1) is 6.10 Å². The molecule has 1 N–H and O–H groups in total. The van der Waals surface area contributed by atoms with Crippen LogP contribution in [0.15, 0.2) is 24.3 Å². The number of benzene rings is 1. The van der Waals surface area contributed by atoms with Gasteiger partial charge < -0.3 is 10.1 Å². The Kier molecular flexibility index (Phi) is 3.07. The van der Waals surface area contributed by atoms with Crippen LogP contribution >= 0.6 is 0 Å². The smallest absolute Gasteiger partial charge is 0.261 e. The molecule has 1 amide bonds. The molecule has 2 atom stereocenters. The molecule has 4 heteroatoms. The fourth-order valence-electron chi connectivity index (χ4n) is 2.96. The molecular formula is C16H15NO3. The van der Waals surface area contributed by atoms with Crippen LogP contribution in [0.5, 0.6) is 0 Å². The Morgan fingerprint density at radius 3 is 3.00 bits per heavy atom. The summed E-state index contributed by atoms with van der Waals surface area (Å²) >= 11 is 0. The third-order valence-electron chi connectivity index (χ3n) is 3.86. The molecule has 3 rings (SSSR count). The molecule has 0 aromatic heterocycles. The van der Waals surface area contributed by atoms with Crippen LogP contribution in [0.3, 0.4) is 0 Å². The summed E-state index contributed by atoms with van der Waals surface area (Å²) in [6.45, 7) is 0. The number of para-hydroxylation sites is 1. The molecule has 1 saturated heterocycles. The minimum absolute atomic E-state index is 0.0464. The normalized spacial score (nSPS) is 28.1. The summed E-state index contributed by atoms with van der Waals surface area (Å²) < 4.78 is 6.02. The summed E-state index contributed by atoms with van der Waals surface area (Å²) in [7, 11) is 0. The lowest BCUT2D eigenvalue weighted by molar-refractivity contribution is -0.169. The molecular weight excluding hydrogens is 254 g/mol. The van der Waals surface area contributed by atoms with E-state index < -0.39 is 5.60 Å². The van der Waals surface area contributed by atoms with Crippen molar-refractivity contribution < 1.29 is 14.3 Å². The maximum Gasteiger partial charge on any atom is 0.261 e. The number of nitrogens with one attached hydrogen (secondary N) is 1. The fraction of sp³-hybridized carbons (Fsp3) is 0.375. The van der Waals surface area contributed by atoms with Gasteiger partial charge in [0.25, 0.3) is 5.91 Å². The quantitative estimate of drug-likeness (QED) is 0.835. The second-order valence-electron chi connectivity index (χ2n) is 5.23. The fourth-order valence-corrected chi connectivity index (χ4v) is 2.96. The first kappa shape index (κ1) is 12.9. The van der Waals surface area contributed by atoms with E-state index >= 15 is 0 Å². The Bertz CT molecular complexity index is 616. The van der Waals surface area contributed by atoms with Crippen molar-refractivity contribution in [3.63, 3.8) is 0 Å². The largest absolute Gasteiger partial charge is 0.356 e. The van der Waals surface area contributed by atoms with Crippen LogP contribution in [0.4, 0.5) is 5.69 Å². The van der Waals surface area contributed by atoms with E-state index in [9.17, 15) is 9.59 Å². The van der Waals surface area contributed by atoms with E-state index in [4.69, 9.17) is 11.2 Å². The minimum Gasteiger partial charge on any atom is -0.356 e. The molecule has 20 heavy (non-hydrogen) atoms. The van der Waals surface area contributed by atoms with Crippen molar-refractivity contribution in [1.82, 2.24) is 0 Å². The molecule has 0 aliphatic carbocycles. The van der Waals surface area contributed by atoms with Gasteiger partial charge in [0, 0.05) is 30.5 Å². The lowest BCUT2D eigenvalue weighted by Gasteiger charge is -2.36. The molecule has 1 spiro atoms. The number of ether oxygens (including phenoxy) is 1.